The summed E-state index contributed by atoms with van der Waals surface area (Å²) in [6.45, 7) is 0. The number of hydrogen-bond donors (Lipinski definition) is 3. The quantitative estimate of drug-likeness (QED) is 0.768. The van der Waals surface area contributed by atoms with Crippen molar-refractivity contribution in [2.24, 2.45) is 11.5 Å². The molecule has 2 atom stereocenters. The molecule has 15 heavy (non-hydrogen) atoms. The minimum atomic E-state index is -1.33. The summed E-state index contributed by atoms with van der Waals surface area (Å²) in [5.41, 5.74) is 10.9. The summed E-state index contributed by atoms with van der Waals surface area (Å²) in [7, 11) is 0. The summed E-state index contributed by atoms with van der Waals surface area (Å²) < 4.78 is 13.9. The van der Waals surface area contributed by atoms with Crippen LogP contribution in [0.2, 0.25) is 0 Å². The van der Waals surface area contributed by atoms with E-state index in [4.69, 9.17) is 16.6 Å². The van der Waals surface area contributed by atoms with Gasteiger partial charge < -0.3 is 16.6 Å². The fourth-order valence-electron chi connectivity index (χ4n) is 1.12. The third kappa shape index (κ3) is 2.74. The van der Waals surface area contributed by atoms with Crippen LogP contribution in [0.3, 0.4) is 0 Å². The standard InChI is InChI=1S/C9H10BrFN2O2/c10-4-1-2-6(11)5(3-4)7(12)8(13)9(14)15/h1-3,7-8H,12-13H2,(H,14,15). The molecule has 0 aliphatic heterocycles. The van der Waals surface area contributed by atoms with Crippen molar-refractivity contribution in [3.05, 3.63) is 34.1 Å². The SMILES string of the molecule is NC(C(=O)O)C(N)c1cc(Br)ccc1F. The Hall–Kier alpha value is -0.980. The van der Waals surface area contributed by atoms with Gasteiger partial charge in [0.25, 0.3) is 0 Å². The third-order valence-corrected chi connectivity index (χ3v) is 2.48. The van der Waals surface area contributed by atoms with Crippen LogP contribution in [0.1, 0.15) is 11.6 Å². The van der Waals surface area contributed by atoms with Crippen LogP contribution in [0.25, 0.3) is 0 Å². The third-order valence-electron chi connectivity index (χ3n) is 1.99. The summed E-state index contributed by atoms with van der Waals surface area (Å²) in [6, 6.07) is 1.72. The number of hydrogen-bond acceptors (Lipinski definition) is 3. The van der Waals surface area contributed by atoms with Crippen molar-refractivity contribution in [2.75, 3.05) is 0 Å². The van der Waals surface area contributed by atoms with Crippen molar-refractivity contribution in [1.29, 1.82) is 0 Å². The number of halogens is 2. The number of aliphatic carboxylic acids is 1. The maximum Gasteiger partial charge on any atom is 0.322 e. The van der Waals surface area contributed by atoms with Crippen LogP contribution in [-0.2, 0) is 4.79 Å². The highest BCUT2D eigenvalue weighted by molar-refractivity contribution is 9.10. The van der Waals surface area contributed by atoms with E-state index in [9.17, 15) is 9.18 Å². The second-order valence-electron chi connectivity index (χ2n) is 3.06. The first-order valence-electron chi connectivity index (χ1n) is 4.12. The summed E-state index contributed by atoms with van der Waals surface area (Å²) in [5, 5.41) is 8.63. The molecule has 0 heterocycles. The number of nitrogens with two attached hydrogens (primary N) is 2. The van der Waals surface area contributed by atoms with E-state index in [0.29, 0.717) is 4.47 Å². The Labute approximate surface area is 94.2 Å². The van der Waals surface area contributed by atoms with E-state index in [1.165, 1.54) is 18.2 Å². The van der Waals surface area contributed by atoms with E-state index in [-0.39, 0.29) is 5.56 Å². The van der Waals surface area contributed by atoms with Gasteiger partial charge in [0.2, 0.25) is 0 Å². The Morgan fingerprint density at radius 2 is 2.07 bits per heavy atom. The Bertz CT molecular complexity index is 386. The number of carboxylic acids is 1. The van der Waals surface area contributed by atoms with Gasteiger partial charge in [0.05, 0.1) is 6.04 Å². The predicted octanol–water partition coefficient (Wildman–Crippen LogP) is 1.000. The van der Waals surface area contributed by atoms with Crippen LogP contribution in [-0.4, -0.2) is 17.1 Å². The van der Waals surface area contributed by atoms with Gasteiger partial charge in [0.1, 0.15) is 11.9 Å². The molecule has 5 N–H and O–H groups in total. The highest BCUT2D eigenvalue weighted by atomic mass is 79.9. The van der Waals surface area contributed by atoms with Crippen molar-refractivity contribution in [3.63, 3.8) is 0 Å². The van der Waals surface area contributed by atoms with E-state index in [1.807, 2.05) is 0 Å². The predicted molar refractivity (Wildman–Crippen MR) is 56.6 cm³/mol. The fraction of sp³-hybridized carbons (Fsp3) is 0.222. The second kappa shape index (κ2) is 4.69. The van der Waals surface area contributed by atoms with Crippen molar-refractivity contribution < 1.29 is 14.3 Å². The van der Waals surface area contributed by atoms with Crippen molar-refractivity contribution in [3.8, 4) is 0 Å². The lowest BCUT2D eigenvalue weighted by Gasteiger charge is -2.17. The molecular formula is C9H10BrFN2O2. The van der Waals surface area contributed by atoms with Gasteiger partial charge in [-0.15, -0.1) is 0 Å². The minimum absolute atomic E-state index is 0.0827. The molecule has 0 aliphatic carbocycles. The first kappa shape index (κ1) is 12.1. The molecule has 0 saturated carbocycles. The molecule has 0 fully saturated rings. The molecule has 2 unspecified atom stereocenters. The first-order chi connectivity index (χ1) is 6.93. The monoisotopic (exact) mass is 276 g/mol. The summed E-state index contributed by atoms with van der Waals surface area (Å²) in [4.78, 5) is 10.6. The van der Waals surface area contributed by atoms with E-state index in [2.05, 4.69) is 15.9 Å². The molecule has 0 radical (unpaired) electrons. The molecule has 1 rings (SSSR count). The lowest BCUT2D eigenvalue weighted by atomic mass is 10.0. The largest absolute Gasteiger partial charge is 0.480 e. The summed E-state index contributed by atoms with van der Waals surface area (Å²) in [6.07, 6.45) is 0. The average molecular weight is 277 g/mol. The number of carboxylic acid groups (broad SMARTS) is 1. The Morgan fingerprint density at radius 3 is 2.60 bits per heavy atom. The molecule has 0 amide bonds. The number of benzene rings is 1. The second-order valence-corrected chi connectivity index (χ2v) is 3.97. The van der Waals surface area contributed by atoms with Gasteiger partial charge in [-0.25, -0.2) is 4.39 Å². The van der Waals surface area contributed by atoms with Gasteiger partial charge in [-0.2, -0.15) is 0 Å². The van der Waals surface area contributed by atoms with Gasteiger partial charge in [-0.1, -0.05) is 15.9 Å². The van der Waals surface area contributed by atoms with Crippen molar-refractivity contribution in [2.45, 2.75) is 12.1 Å². The van der Waals surface area contributed by atoms with Crippen LogP contribution < -0.4 is 11.5 Å². The highest BCUT2D eigenvalue weighted by Crippen LogP contribution is 2.21. The molecule has 1 aromatic carbocycles. The number of carbonyl (C=O) groups is 1. The Morgan fingerprint density at radius 1 is 1.47 bits per heavy atom. The maximum absolute atomic E-state index is 13.3. The lowest BCUT2D eigenvalue weighted by molar-refractivity contribution is -0.139. The fourth-order valence-corrected chi connectivity index (χ4v) is 1.50. The van der Waals surface area contributed by atoms with Gasteiger partial charge >= 0.3 is 5.97 Å². The first-order valence-corrected chi connectivity index (χ1v) is 4.91. The zero-order valence-corrected chi connectivity index (χ0v) is 9.24. The van der Waals surface area contributed by atoms with E-state index < -0.39 is 23.9 Å². The zero-order valence-electron chi connectivity index (χ0n) is 7.65. The van der Waals surface area contributed by atoms with Gasteiger partial charge in [0.15, 0.2) is 0 Å². The maximum atomic E-state index is 13.3. The molecule has 4 nitrogen and oxygen atoms in total. The van der Waals surface area contributed by atoms with Crippen molar-refractivity contribution in [1.82, 2.24) is 0 Å². The topological polar surface area (TPSA) is 89.3 Å². The highest BCUT2D eigenvalue weighted by Gasteiger charge is 2.24. The Kier molecular flexibility index (Phi) is 3.78. The van der Waals surface area contributed by atoms with Crippen LogP contribution >= 0.6 is 15.9 Å². The summed E-state index contributed by atoms with van der Waals surface area (Å²) >= 11 is 3.14. The molecule has 0 saturated heterocycles. The Balaban J connectivity index is 3.04. The molecule has 6 heteroatoms. The molecule has 0 aliphatic rings. The smallest absolute Gasteiger partial charge is 0.322 e. The normalized spacial score (nSPS) is 14.7. The molecule has 0 spiro atoms. The molecular weight excluding hydrogens is 267 g/mol. The molecule has 1 aromatic rings. The van der Waals surface area contributed by atoms with Crippen LogP contribution in [0.5, 0.6) is 0 Å². The van der Waals surface area contributed by atoms with E-state index >= 15 is 0 Å². The van der Waals surface area contributed by atoms with E-state index in [0.717, 1.165) is 0 Å². The van der Waals surface area contributed by atoms with Crippen molar-refractivity contribution >= 4 is 21.9 Å². The van der Waals surface area contributed by atoms with Gasteiger partial charge in [-0.05, 0) is 18.2 Å². The molecule has 82 valence electrons. The average Bonchev–Trinajstić information content (AvgIpc) is 2.19. The van der Waals surface area contributed by atoms with E-state index in [1.54, 1.807) is 0 Å². The minimum Gasteiger partial charge on any atom is -0.480 e. The summed E-state index contributed by atoms with van der Waals surface area (Å²) in [5.74, 6) is -1.83. The zero-order chi connectivity index (χ0) is 11.6. The molecule has 0 aromatic heterocycles. The van der Waals surface area contributed by atoms with Crippen LogP contribution in [0, 0.1) is 5.82 Å². The van der Waals surface area contributed by atoms with Crippen LogP contribution in [0.4, 0.5) is 4.39 Å². The van der Waals surface area contributed by atoms with Gasteiger partial charge in [0, 0.05) is 10.0 Å². The molecule has 0 bridgehead atoms. The lowest BCUT2D eigenvalue weighted by Crippen LogP contribution is -2.41. The van der Waals surface area contributed by atoms with Gasteiger partial charge in [-0.3, -0.25) is 4.79 Å². The number of rotatable bonds is 3. The van der Waals surface area contributed by atoms with Crippen LogP contribution in [0.15, 0.2) is 22.7 Å².